The quantitative estimate of drug-likeness (QED) is 0.535. The average Bonchev–Trinajstić information content (AvgIpc) is 2.68. The maximum absolute atomic E-state index is 5.21. The van der Waals surface area contributed by atoms with Crippen molar-refractivity contribution in [3.05, 3.63) is 29.8 Å². The number of methoxy groups -OCH3 is 1. The highest BCUT2D eigenvalue weighted by Crippen LogP contribution is 2.13. The second kappa shape index (κ2) is 11.1. The highest BCUT2D eigenvalue weighted by atomic mass is 16.5. The van der Waals surface area contributed by atoms with Gasteiger partial charge in [-0.25, -0.2) is 0 Å². The highest BCUT2D eigenvalue weighted by Gasteiger charge is 2.24. The Hall–Kier alpha value is -1.79. The molecule has 0 radical (unpaired) electrons. The Kier molecular flexibility index (Phi) is 8.88. The van der Waals surface area contributed by atoms with Crippen LogP contribution in [0.1, 0.15) is 19.4 Å². The van der Waals surface area contributed by atoms with Gasteiger partial charge >= 0.3 is 0 Å². The number of piperazine rings is 1. The summed E-state index contributed by atoms with van der Waals surface area (Å²) in [5.41, 5.74) is 1.29. The number of benzene rings is 1. The minimum atomic E-state index is 0.527. The van der Waals surface area contributed by atoms with Gasteiger partial charge in [0.25, 0.3) is 0 Å². The molecular formula is C21H37N5O. The van der Waals surface area contributed by atoms with Crippen molar-refractivity contribution >= 4 is 5.96 Å². The summed E-state index contributed by atoms with van der Waals surface area (Å²) in [6, 6.07) is 8.76. The van der Waals surface area contributed by atoms with Crippen LogP contribution in [0.5, 0.6) is 5.75 Å². The van der Waals surface area contributed by atoms with Gasteiger partial charge in [-0.1, -0.05) is 26.0 Å². The third-order valence-corrected chi connectivity index (χ3v) is 5.34. The zero-order chi connectivity index (χ0) is 19.6. The van der Waals surface area contributed by atoms with Crippen LogP contribution in [0.15, 0.2) is 29.3 Å². The summed E-state index contributed by atoms with van der Waals surface area (Å²) < 4.78 is 5.21. The van der Waals surface area contributed by atoms with E-state index >= 15 is 0 Å². The fourth-order valence-corrected chi connectivity index (χ4v) is 3.48. The van der Waals surface area contributed by atoms with Crippen molar-refractivity contribution in [1.82, 2.24) is 20.4 Å². The summed E-state index contributed by atoms with van der Waals surface area (Å²) in [6.07, 6.45) is 0.955. The van der Waals surface area contributed by atoms with Crippen molar-refractivity contribution in [3.8, 4) is 5.75 Å². The Morgan fingerprint density at radius 2 is 1.78 bits per heavy atom. The minimum absolute atomic E-state index is 0.527. The minimum Gasteiger partial charge on any atom is -0.497 e. The maximum Gasteiger partial charge on any atom is 0.191 e. The van der Waals surface area contributed by atoms with Gasteiger partial charge < -0.3 is 20.3 Å². The van der Waals surface area contributed by atoms with Crippen molar-refractivity contribution in [1.29, 1.82) is 0 Å². The largest absolute Gasteiger partial charge is 0.497 e. The highest BCUT2D eigenvalue weighted by molar-refractivity contribution is 5.79. The number of nitrogens with zero attached hydrogens (tertiary/aromatic N) is 3. The Labute approximate surface area is 165 Å². The number of hydrogen-bond donors (Lipinski definition) is 2. The van der Waals surface area contributed by atoms with Gasteiger partial charge in [0, 0.05) is 52.4 Å². The topological polar surface area (TPSA) is 52.1 Å². The van der Waals surface area contributed by atoms with Gasteiger partial charge in [0.05, 0.1) is 7.11 Å². The molecule has 2 N–H and O–H groups in total. The Bertz CT molecular complexity index is 564. The third kappa shape index (κ3) is 7.03. The van der Waals surface area contributed by atoms with Crippen LogP contribution < -0.4 is 15.4 Å². The van der Waals surface area contributed by atoms with Crippen LogP contribution in [0, 0.1) is 5.92 Å². The number of nitrogens with one attached hydrogen (secondary N) is 2. The molecule has 1 saturated heterocycles. The number of ether oxygens (including phenoxy) is 1. The molecule has 1 atom stereocenters. The number of likely N-dealkylation sites (N-methyl/N-ethyl adjacent to an activating group) is 1. The fraction of sp³-hybridized carbons (Fsp3) is 0.667. The molecule has 2 rings (SSSR count). The van der Waals surface area contributed by atoms with E-state index in [-0.39, 0.29) is 0 Å². The molecule has 0 saturated carbocycles. The summed E-state index contributed by atoms with van der Waals surface area (Å²) in [4.78, 5) is 9.40. The van der Waals surface area contributed by atoms with E-state index in [1.807, 2.05) is 19.2 Å². The predicted octanol–water partition coefficient (Wildman–Crippen LogP) is 1.67. The Morgan fingerprint density at radius 1 is 1.11 bits per heavy atom. The summed E-state index contributed by atoms with van der Waals surface area (Å²) in [7, 11) is 5.73. The van der Waals surface area contributed by atoms with E-state index in [2.05, 4.69) is 58.5 Å². The standard InChI is InChI=1S/C21H37N5O/c1-17(2)20(26-14-12-25(4)13-15-26)16-24-21(22-3)23-11-10-18-6-8-19(27-5)9-7-18/h6-9,17,20H,10-16H2,1-5H3,(H2,22,23,24). The van der Waals surface area contributed by atoms with E-state index < -0.39 is 0 Å². The van der Waals surface area contributed by atoms with Crippen LogP contribution >= 0.6 is 0 Å². The lowest BCUT2D eigenvalue weighted by Gasteiger charge is -2.40. The lowest BCUT2D eigenvalue weighted by Crippen LogP contribution is -2.55. The molecule has 152 valence electrons. The summed E-state index contributed by atoms with van der Waals surface area (Å²) in [5, 5.41) is 6.96. The van der Waals surface area contributed by atoms with Crippen molar-refractivity contribution < 1.29 is 4.74 Å². The average molecular weight is 376 g/mol. The molecule has 6 nitrogen and oxygen atoms in total. The lowest BCUT2D eigenvalue weighted by molar-refractivity contribution is 0.0900. The van der Waals surface area contributed by atoms with E-state index in [1.54, 1.807) is 7.11 Å². The van der Waals surface area contributed by atoms with Crippen LogP contribution in [0.2, 0.25) is 0 Å². The number of hydrogen-bond acceptors (Lipinski definition) is 4. The van der Waals surface area contributed by atoms with E-state index in [0.29, 0.717) is 12.0 Å². The smallest absolute Gasteiger partial charge is 0.191 e. The summed E-state index contributed by atoms with van der Waals surface area (Å²) >= 11 is 0. The van der Waals surface area contributed by atoms with Gasteiger partial charge in [0.2, 0.25) is 0 Å². The van der Waals surface area contributed by atoms with Gasteiger partial charge in [0.1, 0.15) is 5.75 Å². The zero-order valence-corrected chi connectivity index (χ0v) is 17.7. The van der Waals surface area contributed by atoms with Gasteiger partial charge in [0.15, 0.2) is 5.96 Å². The SMILES string of the molecule is CN=C(NCCc1ccc(OC)cc1)NCC(C(C)C)N1CCN(C)CC1. The van der Waals surface area contributed by atoms with Crippen LogP contribution in [0.25, 0.3) is 0 Å². The first kappa shape index (κ1) is 21.5. The van der Waals surface area contributed by atoms with Crippen molar-refractivity contribution in [2.75, 3.05) is 60.5 Å². The first-order valence-corrected chi connectivity index (χ1v) is 10.0. The second-order valence-corrected chi connectivity index (χ2v) is 7.63. The molecule has 1 heterocycles. The third-order valence-electron chi connectivity index (χ3n) is 5.34. The molecule has 0 aliphatic carbocycles. The van der Waals surface area contributed by atoms with Crippen LogP contribution in [0.3, 0.4) is 0 Å². The van der Waals surface area contributed by atoms with Gasteiger partial charge in [-0.15, -0.1) is 0 Å². The molecule has 0 spiro atoms. The lowest BCUT2D eigenvalue weighted by atomic mass is 10.0. The molecule has 27 heavy (non-hydrogen) atoms. The first-order chi connectivity index (χ1) is 13.0. The van der Waals surface area contributed by atoms with E-state index in [1.165, 1.54) is 5.56 Å². The van der Waals surface area contributed by atoms with Crippen LogP contribution in [0.4, 0.5) is 0 Å². The van der Waals surface area contributed by atoms with E-state index in [4.69, 9.17) is 4.74 Å². The molecule has 0 aromatic heterocycles. The van der Waals surface area contributed by atoms with E-state index in [9.17, 15) is 0 Å². The Morgan fingerprint density at radius 3 is 2.33 bits per heavy atom. The molecule has 1 fully saturated rings. The second-order valence-electron chi connectivity index (χ2n) is 7.63. The normalized spacial score (nSPS) is 17.8. The molecule has 1 aromatic carbocycles. The summed E-state index contributed by atoms with van der Waals surface area (Å²) in [6.45, 7) is 11.0. The van der Waals surface area contributed by atoms with E-state index in [0.717, 1.165) is 57.4 Å². The predicted molar refractivity (Wildman–Crippen MR) is 114 cm³/mol. The van der Waals surface area contributed by atoms with Gasteiger partial charge in [-0.05, 0) is 37.1 Å². The van der Waals surface area contributed by atoms with Gasteiger partial charge in [-0.2, -0.15) is 0 Å². The molecule has 0 bridgehead atoms. The fourth-order valence-electron chi connectivity index (χ4n) is 3.48. The van der Waals surface area contributed by atoms with Crippen molar-refractivity contribution in [2.24, 2.45) is 10.9 Å². The first-order valence-electron chi connectivity index (χ1n) is 10.0. The molecule has 1 aromatic rings. The van der Waals surface area contributed by atoms with Crippen molar-refractivity contribution in [2.45, 2.75) is 26.3 Å². The number of rotatable bonds is 8. The number of guanidine groups is 1. The van der Waals surface area contributed by atoms with Crippen molar-refractivity contribution in [3.63, 3.8) is 0 Å². The monoisotopic (exact) mass is 375 g/mol. The molecular weight excluding hydrogens is 338 g/mol. The molecule has 0 amide bonds. The van der Waals surface area contributed by atoms with Crippen LogP contribution in [-0.2, 0) is 6.42 Å². The summed E-state index contributed by atoms with van der Waals surface area (Å²) in [5.74, 6) is 2.38. The number of aliphatic imine (C=N–C) groups is 1. The maximum atomic E-state index is 5.21. The Balaban J connectivity index is 1.77. The molecule has 1 aliphatic rings. The molecule has 1 unspecified atom stereocenters. The zero-order valence-electron chi connectivity index (χ0n) is 17.7. The molecule has 6 heteroatoms. The van der Waals surface area contributed by atoms with Gasteiger partial charge in [-0.3, -0.25) is 9.89 Å². The van der Waals surface area contributed by atoms with Crippen LogP contribution in [-0.4, -0.2) is 82.3 Å². The molecule has 1 aliphatic heterocycles.